The third-order valence-corrected chi connectivity index (χ3v) is 3.42. The molecule has 0 saturated heterocycles. The lowest BCUT2D eigenvalue weighted by molar-refractivity contribution is 0.307. The van der Waals surface area contributed by atoms with Gasteiger partial charge in [-0.3, -0.25) is 0 Å². The van der Waals surface area contributed by atoms with Gasteiger partial charge in [0.25, 0.3) is 0 Å². The first-order chi connectivity index (χ1) is 9.79. The Kier molecular flexibility index (Phi) is 5.75. The number of thiol groups is 1. The Balaban J connectivity index is 1.89. The topological polar surface area (TPSA) is 9.23 Å². The molecule has 2 rings (SSSR count). The van der Waals surface area contributed by atoms with Crippen molar-refractivity contribution in [1.82, 2.24) is 0 Å². The lowest BCUT2D eigenvalue weighted by Crippen LogP contribution is -1.96. The number of rotatable bonds is 7. The summed E-state index contributed by atoms with van der Waals surface area (Å²) < 4.78 is 5.72. The van der Waals surface area contributed by atoms with E-state index in [1.54, 1.807) is 0 Å². The van der Waals surface area contributed by atoms with Crippen LogP contribution in [0.3, 0.4) is 0 Å². The van der Waals surface area contributed by atoms with Gasteiger partial charge in [-0.15, -0.1) is 19.2 Å². The third-order valence-electron chi connectivity index (χ3n) is 3.13. The van der Waals surface area contributed by atoms with E-state index in [0.717, 1.165) is 36.5 Å². The van der Waals surface area contributed by atoms with Crippen molar-refractivity contribution in [2.75, 3.05) is 6.61 Å². The van der Waals surface area contributed by atoms with Crippen LogP contribution >= 0.6 is 12.6 Å². The molecule has 0 aliphatic carbocycles. The molecule has 0 saturated carbocycles. The normalized spacial score (nSPS) is 10.2. The highest BCUT2D eigenvalue weighted by atomic mass is 32.1. The van der Waals surface area contributed by atoms with Crippen LogP contribution in [0.5, 0.6) is 5.75 Å². The fourth-order valence-corrected chi connectivity index (χ4v) is 2.13. The summed E-state index contributed by atoms with van der Waals surface area (Å²) >= 11 is 4.30. The van der Waals surface area contributed by atoms with Gasteiger partial charge in [-0.05, 0) is 54.7 Å². The summed E-state index contributed by atoms with van der Waals surface area (Å²) in [5.74, 6) is 0.929. The zero-order chi connectivity index (χ0) is 14.2. The van der Waals surface area contributed by atoms with Gasteiger partial charge >= 0.3 is 0 Å². The average Bonchev–Trinajstić information content (AvgIpc) is 2.49. The van der Waals surface area contributed by atoms with Crippen molar-refractivity contribution in [2.24, 2.45) is 0 Å². The van der Waals surface area contributed by atoms with Gasteiger partial charge < -0.3 is 4.74 Å². The standard InChI is InChI=1S/C18H20OS/c1-2-3-4-5-14-19-17-10-6-15(7-11-17)16-8-12-18(20)13-9-16/h2,6-13,20H,1,3-5,14H2. The maximum Gasteiger partial charge on any atom is 0.119 e. The molecule has 20 heavy (non-hydrogen) atoms. The van der Waals surface area contributed by atoms with Crippen LogP contribution in [0, 0.1) is 0 Å². The third kappa shape index (κ3) is 4.46. The molecule has 0 unspecified atom stereocenters. The molecule has 2 aromatic carbocycles. The minimum absolute atomic E-state index is 0.765. The summed E-state index contributed by atoms with van der Waals surface area (Å²) in [6.45, 7) is 4.48. The van der Waals surface area contributed by atoms with Gasteiger partial charge in [0.15, 0.2) is 0 Å². The van der Waals surface area contributed by atoms with Crippen LogP contribution in [-0.4, -0.2) is 6.61 Å². The van der Waals surface area contributed by atoms with E-state index in [9.17, 15) is 0 Å². The summed E-state index contributed by atoms with van der Waals surface area (Å²) in [6.07, 6.45) is 5.21. The van der Waals surface area contributed by atoms with Gasteiger partial charge in [0.1, 0.15) is 5.75 Å². The van der Waals surface area contributed by atoms with Crippen LogP contribution in [0.25, 0.3) is 11.1 Å². The van der Waals surface area contributed by atoms with Crippen molar-refractivity contribution in [3.05, 3.63) is 61.2 Å². The highest BCUT2D eigenvalue weighted by Gasteiger charge is 1.99. The van der Waals surface area contributed by atoms with Crippen molar-refractivity contribution in [2.45, 2.75) is 24.2 Å². The molecule has 104 valence electrons. The first kappa shape index (κ1) is 14.7. The summed E-state index contributed by atoms with van der Waals surface area (Å²) in [6, 6.07) is 16.4. The molecule has 0 aromatic heterocycles. The molecule has 0 fully saturated rings. The summed E-state index contributed by atoms with van der Waals surface area (Å²) in [4.78, 5) is 0.980. The summed E-state index contributed by atoms with van der Waals surface area (Å²) in [5.41, 5.74) is 2.39. The highest BCUT2D eigenvalue weighted by molar-refractivity contribution is 7.80. The fourth-order valence-electron chi connectivity index (χ4n) is 1.98. The monoisotopic (exact) mass is 284 g/mol. The Bertz CT molecular complexity index is 528. The zero-order valence-corrected chi connectivity index (χ0v) is 12.5. The first-order valence-corrected chi connectivity index (χ1v) is 7.37. The van der Waals surface area contributed by atoms with Crippen molar-refractivity contribution in [3.8, 4) is 16.9 Å². The predicted molar refractivity (Wildman–Crippen MR) is 88.7 cm³/mol. The van der Waals surface area contributed by atoms with E-state index >= 15 is 0 Å². The molecule has 2 heteroatoms. The van der Waals surface area contributed by atoms with Gasteiger partial charge in [0, 0.05) is 4.90 Å². The molecule has 2 aromatic rings. The SMILES string of the molecule is C=CCCCCOc1ccc(-c2ccc(S)cc2)cc1. The molecular formula is C18H20OS. The molecule has 0 heterocycles. The van der Waals surface area contributed by atoms with Gasteiger partial charge in [0.05, 0.1) is 6.61 Å². The van der Waals surface area contributed by atoms with Crippen LogP contribution in [0.15, 0.2) is 66.1 Å². The summed E-state index contributed by atoms with van der Waals surface area (Å²) in [7, 11) is 0. The van der Waals surface area contributed by atoms with E-state index in [1.165, 1.54) is 11.1 Å². The number of hydrogen-bond acceptors (Lipinski definition) is 2. The number of allylic oxidation sites excluding steroid dienone is 1. The zero-order valence-electron chi connectivity index (χ0n) is 11.6. The number of unbranched alkanes of at least 4 members (excludes halogenated alkanes) is 2. The van der Waals surface area contributed by atoms with Crippen LogP contribution in [0.4, 0.5) is 0 Å². The lowest BCUT2D eigenvalue weighted by atomic mass is 10.1. The van der Waals surface area contributed by atoms with E-state index in [2.05, 4.69) is 43.5 Å². The van der Waals surface area contributed by atoms with E-state index < -0.39 is 0 Å². The van der Waals surface area contributed by atoms with Crippen molar-refractivity contribution >= 4 is 12.6 Å². The number of benzene rings is 2. The van der Waals surface area contributed by atoms with Gasteiger partial charge in [0.2, 0.25) is 0 Å². The second kappa shape index (κ2) is 7.81. The Morgan fingerprint density at radius 3 is 2.10 bits per heavy atom. The van der Waals surface area contributed by atoms with Crippen molar-refractivity contribution < 1.29 is 4.74 Å². The number of ether oxygens (including phenoxy) is 1. The van der Waals surface area contributed by atoms with Crippen LogP contribution in [0.2, 0.25) is 0 Å². The second-order valence-corrected chi connectivity index (χ2v) is 5.22. The van der Waals surface area contributed by atoms with E-state index in [4.69, 9.17) is 4.74 Å². The average molecular weight is 284 g/mol. The molecule has 0 spiro atoms. The van der Waals surface area contributed by atoms with Crippen LogP contribution in [0.1, 0.15) is 19.3 Å². The van der Waals surface area contributed by atoms with Crippen molar-refractivity contribution in [1.29, 1.82) is 0 Å². The lowest BCUT2D eigenvalue weighted by Gasteiger charge is -2.07. The van der Waals surface area contributed by atoms with Gasteiger partial charge in [-0.25, -0.2) is 0 Å². The van der Waals surface area contributed by atoms with Crippen LogP contribution in [-0.2, 0) is 0 Å². The van der Waals surface area contributed by atoms with E-state index in [1.807, 2.05) is 30.3 Å². The summed E-state index contributed by atoms with van der Waals surface area (Å²) in [5, 5.41) is 0. The smallest absolute Gasteiger partial charge is 0.119 e. The minimum atomic E-state index is 0.765. The Hall–Kier alpha value is -1.67. The minimum Gasteiger partial charge on any atom is -0.494 e. The van der Waals surface area contributed by atoms with E-state index in [-0.39, 0.29) is 0 Å². The maximum atomic E-state index is 5.72. The molecule has 0 atom stereocenters. The van der Waals surface area contributed by atoms with Gasteiger partial charge in [-0.2, -0.15) is 0 Å². The number of hydrogen-bond donors (Lipinski definition) is 1. The van der Waals surface area contributed by atoms with Gasteiger partial charge in [-0.1, -0.05) is 30.3 Å². The Morgan fingerprint density at radius 2 is 1.50 bits per heavy atom. The maximum absolute atomic E-state index is 5.72. The molecular weight excluding hydrogens is 264 g/mol. The molecule has 1 nitrogen and oxygen atoms in total. The largest absolute Gasteiger partial charge is 0.494 e. The van der Waals surface area contributed by atoms with Crippen LogP contribution < -0.4 is 4.74 Å². The molecule has 0 aliphatic heterocycles. The fraction of sp³-hybridized carbons (Fsp3) is 0.222. The highest BCUT2D eigenvalue weighted by Crippen LogP contribution is 2.23. The molecule has 0 bridgehead atoms. The first-order valence-electron chi connectivity index (χ1n) is 6.93. The molecule has 0 radical (unpaired) electrons. The second-order valence-electron chi connectivity index (χ2n) is 4.70. The quantitative estimate of drug-likeness (QED) is 0.408. The van der Waals surface area contributed by atoms with E-state index in [0.29, 0.717) is 0 Å². The predicted octanol–water partition coefficient (Wildman–Crippen LogP) is 5.38. The molecule has 0 amide bonds. The Morgan fingerprint density at radius 1 is 0.900 bits per heavy atom. The Labute approximate surface area is 126 Å². The molecule has 0 N–H and O–H groups in total. The van der Waals surface area contributed by atoms with Crippen molar-refractivity contribution in [3.63, 3.8) is 0 Å². The molecule has 0 aliphatic rings.